The molecule has 0 spiro atoms. The third-order valence-corrected chi connectivity index (χ3v) is 6.04. The summed E-state index contributed by atoms with van der Waals surface area (Å²) >= 11 is 0. The van der Waals surface area contributed by atoms with E-state index in [1.165, 1.54) is 5.70 Å². The number of rotatable bonds is 2. The number of piperidine rings is 3. The smallest absolute Gasteiger partial charge is 0.340 e. The molecule has 25 heavy (non-hydrogen) atoms. The third-order valence-electron chi connectivity index (χ3n) is 6.04. The Balaban J connectivity index is 1.39. The Kier molecular flexibility index (Phi) is 3.22. The van der Waals surface area contributed by atoms with E-state index < -0.39 is 0 Å². The molecule has 6 rings (SSSR count). The second kappa shape index (κ2) is 5.36. The van der Waals surface area contributed by atoms with Gasteiger partial charge in [-0.1, -0.05) is 18.2 Å². The number of hydrogen-bond donors (Lipinski definition) is 1. The van der Waals surface area contributed by atoms with Crippen molar-refractivity contribution in [2.75, 3.05) is 6.54 Å². The molecule has 130 valence electrons. The van der Waals surface area contributed by atoms with Crippen molar-refractivity contribution >= 4 is 16.9 Å². The van der Waals surface area contributed by atoms with Gasteiger partial charge in [0.25, 0.3) is 0 Å². The molecule has 1 N–H and O–H groups in total. The topological polar surface area (TPSA) is 54.7 Å². The van der Waals surface area contributed by atoms with Crippen LogP contribution in [-0.2, 0) is 11.8 Å². The summed E-state index contributed by atoms with van der Waals surface area (Å²) in [7, 11) is 1.95. The molecule has 4 aliphatic heterocycles. The summed E-state index contributed by atoms with van der Waals surface area (Å²) in [6.45, 7) is 0.727. The van der Waals surface area contributed by atoms with Gasteiger partial charge in [0.1, 0.15) is 6.10 Å². The van der Waals surface area contributed by atoms with E-state index in [1.54, 1.807) is 0 Å². The van der Waals surface area contributed by atoms with Crippen LogP contribution in [0.4, 0.5) is 0 Å². The van der Waals surface area contributed by atoms with Crippen LogP contribution in [0.25, 0.3) is 10.9 Å². The van der Waals surface area contributed by atoms with Crippen LogP contribution in [0.5, 0.6) is 0 Å². The van der Waals surface area contributed by atoms with E-state index in [2.05, 4.69) is 11.0 Å². The Morgan fingerprint density at radius 1 is 1.28 bits per heavy atom. The number of esters is 1. The maximum atomic E-state index is 12.8. The number of aliphatic hydroxyl groups excluding tert-OH is 1. The minimum absolute atomic E-state index is 0.168. The molecule has 3 fully saturated rings. The molecule has 4 unspecified atom stereocenters. The Hall–Kier alpha value is -2.27. The largest absolute Gasteiger partial charge is 0.454 e. The second-order valence-corrected chi connectivity index (χ2v) is 7.58. The Labute approximate surface area is 146 Å². The molecule has 1 aromatic heterocycles. The van der Waals surface area contributed by atoms with Gasteiger partial charge in [0.15, 0.2) is 0 Å². The number of benzene rings is 1. The van der Waals surface area contributed by atoms with Crippen LogP contribution in [0.3, 0.4) is 0 Å². The summed E-state index contributed by atoms with van der Waals surface area (Å²) in [6, 6.07) is 8.29. The number of carbonyl (C=O) groups is 1. The number of allylic oxidation sites excluding steroid dienone is 1. The van der Waals surface area contributed by atoms with Gasteiger partial charge in [-0.3, -0.25) is 0 Å². The molecule has 2 aromatic rings. The fourth-order valence-electron chi connectivity index (χ4n) is 4.82. The average molecular weight is 338 g/mol. The number of aromatic nitrogens is 1. The predicted octanol–water partition coefficient (Wildman–Crippen LogP) is 2.45. The van der Waals surface area contributed by atoms with E-state index in [4.69, 9.17) is 4.74 Å². The molecule has 5 nitrogen and oxygen atoms in total. The van der Waals surface area contributed by atoms with Crippen molar-refractivity contribution in [3.8, 4) is 0 Å². The van der Waals surface area contributed by atoms with Crippen molar-refractivity contribution in [1.29, 1.82) is 0 Å². The minimum Gasteiger partial charge on any atom is -0.454 e. The molecule has 4 aliphatic rings. The van der Waals surface area contributed by atoms with Crippen LogP contribution in [0.15, 0.2) is 42.2 Å². The minimum atomic E-state index is -0.251. The third kappa shape index (κ3) is 2.29. The van der Waals surface area contributed by atoms with Crippen LogP contribution in [0.2, 0.25) is 0 Å². The van der Waals surface area contributed by atoms with Gasteiger partial charge in [0.05, 0.1) is 11.7 Å². The molecular weight excluding hydrogens is 316 g/mol. The maximum absolute atomic E-state index is 12.8. The number of aliphatic hydroxyl groups is 1. The van der Waals surface area contributed by atoms with Crippen LogP contribution in [-0.4, -0.2) is 45.3 Å². The van der Waals surface area contributed by atoms with Gasteiger partial charge in [-0.2, -0.15) is 0 Å². The molecule has 0 amide bonds. The van der Waals surface area contributed by atoms with Gasteiger partial charge in [-0.15, -0.1) is 0 Å². The Bertz CT molecular complexity index is 884. The summed E-state index contributed by atoms with van der Waals surface area (Å²) in [5, 5.41) is 11.0. The summed E-state index contributed by atoms with van der Waals surface area (Å²) < 4.78 is 7.82. The highest BCUT2D eigenvalue weighted by Crippen LogP contribution is 2.43. The number of fused-ring (bicyclic) bond motifs is 2. The molecule has 4 atom stereocenters. The SMILES string of the molecule is Cn1cc(C(=O)OC2C=C3CC4CC(C2)N3CC4O)c2ccccc21. The first-order valence-electron chi connectivity index (χ1n) is 9.00. The van der Waals surface area contributed by atoms with E-state index in [-0.39, 0.29) is 18.2 Å². The van der Waals surface area contributed by atoms with Gasteiger partial charge < -0.3 is 19.3 Å². The lowest BCUT2D eigenvalue weighted by Gasteiger charge is -2.53. The van der Waals surface area contributed by atoms with Gasteiger partial charge in [0, 0.05) is 48.9 Å². The lowest BCUT2D eigenvalue weighted by Crippen LogP contribution is -2.57. The van der Waals surface area contributed by atoms with Gasteiger partial charge in [-0.05, 0) is 30.9 Å². The molecule has 5 heteroatoms. The number of hydrogen-bond acceptors (Lipinski definition) is 4. The van der Waals surface area contributed by atoms with Gasteiger partial charge >= 0.3 is 5.97 Å². The normalized spacial score (nSPS) is 30.5. The summed E-state index contributed by atoms with van der Waals surface area (Å²) in [6.07, 6.45) is 6.30. The molecule has 0 saturated carbocycles. The standard InChI is InChI=1S/C20H22N2O3/c1-21-10-17(16-4-2-3-5-18(16)21)20(24)25-15-8-13-6-12-7-14(9-15)22(13)11-19(12)23/h2-5,8,10,12,14-15,19,23H,6-7,9,11H2,1H3. The van der Waals surface area contributed by atoms with E-state index in [0.29, 0.717) is 17.5 Å². The lowest BCUT2D eigenvalue weighted by molar-refractivity contribution is -0.0511. The summed E-state index contributed by atoms with van der Waals surface area (Å²) in [5.74, 6) is 0.120. The van der Waals surface area contributed by atoms with Crippen molar-refractivity contribution < 1.29 is 14.6 Å². The highest BCUT2D eigenvalue weighted by molar-refractivity contribution is 6.04. The quantitative estimate of drug-likeness (QED) is 0.855. The van der Waals surface area contributed by atoms with Crippen LogP contribution in [0.1, 0.15) is 29.6 Å². The van der Waals surface area contributed by atoms with Gasteiger partial charge in [-0.25, -0.2) is 4.79 Å². The molecule has 0 aliphatic carbocycles. The molecule has 4 bridgehead atoms. The van der Waals surface area contributed by atoms with E-state index >= 15 is 0 Å². The average Bonchev–Trinajstić information content (AvgIpc) is 2.92. The Morgan fingerprint density at radius 2 is 2.12 bits per heavy atom. The van der Waals surface area contributed by atoms with E-state index in [9.17, 15) is 9.90 Å². The molecule has 0 radical (unpaired) electrons. The zero-order valence-corrected chi connectivity index (χ0v) is 14.3. The molecule has 1 aromatic carbocycles. The predicted molar refractivity (Wildman–Crippen MR) is 94.0 cm³/mol. The molecule has 5 heterocycles. The van der Waals surface area contributed by atoms with Crippen LogP contribution >= 0.6 is 0 Å². The number of ether oxygens (including phenoxy) is 1. The zero-order chi connectivity index (χ0) is 17.1. The number of para-hydroxylation sites is 1. The van der Waals surface area contributed by atoms with Crippen LogP contribution < -0.4 is 0 Å². The monoisotopic (exact) mass is 338 g/mol. The first-order chi connectivity index (χ1) is 12.1. The van der Waals surface area contributed by atoms with Crippen LogP contribution in [0, 0.1) is 5.92 Å². The van der Waals surface area contributed by atoms with Gasteiger partial charge in [0.2, 0.25) is 0 Å². The molecular formula is C20H22N2O3. The summed E-state index contributed by atoms with van der Waals surface area (Å²) in [5.41, 5.74) is 2.91. The Morgan fingerprint density at radius 3 is 2.92 bits per heavy atom. The lowest BCUT2D eigenvalue weighted by atomic mass is 9.75. The van der Waals surface area contributed by atoms with E-state index in [1.807, 2.05) is 42.1 Å². The number of aryl methyl sites for hydroxylation is 1. The highest BCUT2D eigenvalue weighted by Gasteiger charge is 2.45. The van der Waals surface area contributed by atoms with Crippen molar-refractivity contribution in [1.82, 2.24) is 9.47 Å². The maximum Gasteiger partial charge on any atom is 0.340 e. The highest BCUT2D eigenvalue weighted by atomic mass is 16.5. The fourth-order valence-corrected chi connectivity index (χ4v) is 4.82. The second-order valence-electron chi connectivity index (χ2n) is 7.58. The summed E-state index contributed by atoms with van der Waals surface area (Å²) in [4.78, 5) is 15.1. The first-order valence-corrected chi connectivity index (χ1v) is 9.00. The first kappa shape index (κ1) is 15.0. The van der Waals surface area contributed by atoms with Crippen molar-refractivity contribution in [3.05, 3.63) is 47.8 Å². The van der Waals surface area contributed by atoms with Crippen molar-refractivity contribution in [2.24, 2.45) is 13.0 Å². The number of nitrogens with zero attached hydrogens (tertiary/aromatic N) is 2. The van der Waals surface area contributed by atoms with Crippen molar-refractivity contribution in [2.45, 2.75) is 37.5 Å². The van der Waals surface area contributed by atoms with Crippen molar-refractivity contribution in [3.63, 3.8) is 0 Å². The zero-order valence-electron chi connectivity index (χ0n) is 14.3. The fraction of sp³-hybridized carbons (Fsp3) is 0.450. The van der Waals surface area contributed by atoms with E-state index in [0.717, 1.165) is 36.7 Å². The molecule has 3 saturated heterocycles. The number of carbonyl (C=O) groups excluding carboxylic acids is 1.